The van der Waals surface area contributed by atoms with Crippen LogP contribution in [0.5, 0.6) is 0 Å². The van der Waals surface area contributed by atoms with Crippen LogP contribution in [0.25, 0.3) is 0 Å². The average molecular weight is 296 g/mol. The third-order valence-electron chi connectivity index (χ3n) is 3.41. The summed E-state index contributed by atoms with van der Waals surface area (Å²) in [4.78, 5) is -0.0424. The summed E-state index contributed by atoms with van der Waals surface area (Å²) in [5.41, 5.74) is 0.412. The molecule has 1 fully saturated rings. The molecule has 1 saturated carbocycles. The lowest BCUT2D eigenvalue weighted by molar-refractivity contribution is 0.402. The highest BCUT2D eigenvalue weighted by Gasteiger charge is 2.31. The van der Waals surface area contributed by atoms with Crippen molar-refractivity contribution in [3.8, 4) is 6.07 Å². The molecule has 4 nitrogen and oxygen atoms in total. The molecular weight excluding hydrogens is 279 g/mol. The first-order valence-electron chi connectivity index (χ1n) is 6.58. The Balaban J connectivity index is 2.27. The predicted octanol–water partition coefficient (Wildman–Crippen LogP) is 2.45. The number of sulfonamides is 1. The Morgan fingerprint density at radius 3 is 2.70 bits per heavy atom. The van der Waals surface area contributed by atoms with Gasteiger partial charge in [0.1, 0.15) is 5.82 Å². The molecule has 0 atom stereocenters. The molecule has 0 radical (unpaired) electrons. The number of aryl methyl sites for hydroxylation is 1. The third kappa shape index (κ3) is 3.35. The van der Waals surface area contributed by atoms with Gasteiger partial charge in [0.05, 0.1) is 11.0 Å². The molecule has 1 aliphatic carbocycles. The van der Waals surface area contributed by atoms with E-state index in [1.807, 2.05) is 6.07 Å². The number of hydrogen-bond acceptors (Lipinski definition) is 3. The van der Waals surface area contributed by atoms with Crippen LogP contribution in [0.1, 0.15) is 24.8 Å². The third-order valence-corrected chi connectivity index (χ3v) is 5.27. The van der Waals surface area contributed by atoms with Crippen molar-refractivity contribution < 1.29 is 12.8 Å². The van der Waals surface area contributed by atoms with Crippen molar-refractivity contribution in [1.29, 1.82) is 5.26 Å². The minimum absolute atomic E-state index is 0.0424. The highest BCUT2D eigenvalue weighted by atomic mass is 32.2. The molecule has 1 aromatic rings. The first kappa shape index (κ1) is 14.9. The van der Waals surface area contributed by atoms with Gasteiger partial charge in [-0.25, -0.2) is 12.8 Å². The van der Waals surface area contributed by atoms with Crippen LogP contribution in [0, 0.1) is 30.0 Å². The van der Waals surface area contributed by atoms with E-state index in [9.17, 15) is 12.8 Å². The van der Waals surface area contributed by atoms with Crippen molar-refractivity contribution in [2.45, 2.75) is 31.1 Å². The molecule has 0 saturated heterocycles. The summed E-state index contributed by atoms with van der Waals surface area (Å²) in [7, 11) is -3.73. The molecule has 6 heteroatoms. The van der Waals surface area contributed by atoms with Gasteiger partial charge in [0, 0.05) is 19.5 Å². The van der Waals surface area contributed by atoms with Crippen molar-refractivity contribution in [2.24, 2.45) is 5.92 Å². The van der Waals surface area contributed by atoms with E-state index in [0.29, 0.717) is 18.0 Å². The second-order valence-corrected chi connectivity index (χ2v) is 7.06. The number of benzene rings is 1. The van der Waals surface area contributed by atoms with Crippen molar-refractivity contribution in [1.82, 2.24) is 4.31 Å². The van der Waals surface area contributed by atoms with Gasteiger partial charge in [0.25, 0.3) is 0 Å². The minimum Gasteiger partial charge on any atom is -0.207 e. The van der Waals surface area contributed by atoms with Crippen molar-refractivity contribution in [2.75, 3.05) is 13.1 Å². The Morgan fingerprint density at radius 2 is 2.15 bits per heavy atom. The van der Waals surface area contributed by atoms with Gasteiger partial charge in [-0.05, 0) is 43.4 Å². The van der Waals surface area contributed by atoms with E-state index >= 15 is 0 Å². The molecule has 20 heavy (non-hydrogen) atoms. The van der Waals surface area contributed by atoms with Crippen LogP contribution in [0.4, 0.5) is 4.39 Å². The van der Waals surface area contributed by atoms with E-state index in [1.54, 1.807) is 6.92 Å². The zero-order valence-corrected chi connectivity index (χ0v) is 12.2. The van der Waals surface area contributed by atoms with Crippen LogP contribution in [0.3, 0.4) is 0 Å². The Bertz CT molecular complexity index is 633. The normalized spacial score (nSPS) is 15.3. The monoisotopic (exact) mass is 296 g/mol. The molecule has 0 heterocycles. The molecule has 0 N–H and O–H groups in total. The summed E-state index contributed by atoms with van der Waals surface area (Å²) in [6.45, 7) is 2.16. The first-order valence-corrected chi connectivity index (χ1v) is 8.02. The van der Waals surface area contributed by atoms with Gasteiger partial charge < -0.3 is 0 Å². The summed E-state index contributed by atoms with van der Waals surface area (Å²) in [6.07, 6.45) is 2.17. The van der Waals surface area contributed by atoms with Crippen molar-refractivity contribution >= 4 is 10.0 Å². The van der Waals surface area contributed by atoms with E-state index in [4.69, 9.17) is 5.26 Å². The zero-order valence-electron chi connectivity index (χ0n) is 11.3. The summed E-state index contributed by atoms with van der Waals surface area (Å²) >= 11 is 0. The summed E-state index contributed by atoms with van der Waals surface area (Å²) in [5.74, 6) is -0.156. The Morgan fingerprint density at radius 1 is 1.45 bits per heavy atom. The molecule has 0 aromatic heterocycles. The van der Waals surface area contributed by atoms with Gasteiger partial charge in [0.2, 0.25) is 10.0 Å². The van der Waals surface area contributed by atoms with Gasteiger partial charge in [0.15, 0.2) is 0 Å². The lowest BCUT2D eigenvalue weighted by Gasteiger charge is -2.21. The fourth-order valence-electron chi connectivity index (χ4n) is 1.96. The van der Waals surface area contributed by atoms with E-state index in [2.05, 4.69) is 0 Å². The van der Waals surface area contributed by atoms with E-state index in [-0.39, 0.29) is 17.9 Å². The Kier molecular flexibility index (Phi) is 4.41. The van der Waals surface area contributed by atoms with Crippen LogP contribution in [-0.2, 0) is 10.0 Å². The van der Waals surface area contributed by atoms with Gasteiger partial charge in [-0.15, -0.1) is 0 Å². The van der Waals surface area contributed by atoms with E-state index < -0.39 is 15.8 Å². The second kappa shape index (κ2) is 5.90. The second-order valence-electron chi connectivity index (χ2n) is 5.13. The van der Waals surface area contributed by atoms with Crippen molar-refractivity contribution in [3.05, 3.63) is 29.6 Å². The van der Waals surface area contributed by atoms with E-state index in [1.165, 1.54) is 16.4 Å². The maximum absolute atomic E-state index is 13.6. The highest BCUT2D eigenvalue weighted by Crippen LogP contribution is 2.31. The number of hydrogen-bond donors (Lipinski definition) is 0. The zero-order chi connectivity index (χ0) is 14.8. The SMILES string of the molecule is Cc1ccc(S(=O)(=O)N(CCC#N)CC2CC2)cc1F. The standard InChI is InChI=1S/C14H17FN2O2S/c1-11-3-6-13(9-14(11)15)20(18,19)17(8-2-7-16)10-12-4-5-12/h3,6,9,12H,2,4-5,8,10H2,1H3. The van der Waals surface area contributed by atoms with E-state index in [0.717, 1.165) is 18.9 Å². The fourth-order valence-corrected chi connectivity index (χ4v) is 3.49. The quantitative estimate of drug-likeness (QED) is 0.810. The number of nitrogens with zero attached hydrogens (tertiary/aromatic N) is 2. The molecule has 0 aliphatic heterocycles. The molecular formula is C14H17FN2O2S. The minimum atomic E-state index is -3.73. The highest BCUT2D eigenvalue weighted by molar-refractivity contribution is 7.89. The van der Waals surface area contributed by atoms with Crippen LogP contribution < -0.4 is 0 Å². The molecule has 0 unspecified atom stereocenters. The molecule has 2 rings (SSSR count). The van der Waals surface area contributed by atoms with Crippen LogP contribution >= 0.6 is 0 Å². The van der Waals surface area contributed by atoms with Crippen molar-refractivity contribution in [3.63, 3.8) is 0 Å². The lowest BCUT2D eigenvalue weighted by Crippen LogP contribution is -2.33. The summed E-state index contributed by atoms with van der Waals surface area (Å²) in [6, 6.07) is 5.89. The molecule has 1 aliphatic rings. The number of nitriles is 1. The van der Waals surface area contributed by atoms with Gasteiger partial charge in [-0.1, -0.05) is 6.07 Å². The van der Waals surface area contributed by atoms with Gasteiger partial charge in [-0.3, -0.25) is 0 Å². The summed E-state index contributed by atoms with van der Waals surface area (Å²) in [5, 5.41) is 8.65. The molecule has 0 bridgehead atoms. The largest absolute Gasteiger partial charge is 0.243 e. The topological polar surface area (TPSA) is 61.2 Å². The summed E-state index contributed by atoms with van der Waals surface area (Å²) < 4.78 is 39.9. The fraction of sp³-hybridized carbons (Fsp3) is 0.500. The van der Waals surface area contributed by atoms with Crippen LogP contribution in [-0.4, -0.2) is 25.8 Å². The van der Waals surface area contributed by atoms with Crippen LogP contribution in [0.15, 0.2) is 23.1 Å². The molecule has 108 valence electrons. The Hall–Kier alpha value is -1.45. The Labute approximate surface area is 118 Å². The lowest BCUT2D eigenvalue weighted by atomic mass is 10.2. The van der Waals surface area contributed by atoms with Gasteiger partial charge in [-0.2, -0.15) is 9.57 Å². The average Bonchev–Trinajstić information content (AvgIpc) is 3.21. The smallest absolute Gasteiger partial charge is 0.207 e. The molecule has 0 amide bonds. The van der Waals surface area contributed by atoms with Gasteiger partial charge >= 0.3 is 0 Å². The number of halogens is 1. The first-order chi connectivity index (χ1) is 9.45. The number of rotatable bonds is 6. The molecule has 1 aromatic carbocycles. The molecule has 0 spiro atoms. The maximum atomic E-state index is 13.6. The maximum Gasteiger partial charge on any atom is 0.243 e. The van der Waals surface area contributed by atoms with Crippen LogP contribution in [0.2, 0.25) is 0 Å². The predicted molar refractivity (Wildman–Crippen MR) is 72.8 cm³/mol.